The van der Waals surface area contributed by atoms with Crippen LogP contribution in [0.4, 0.5) is 5.69 Å². The number of carbonyl (C=O) groups excluding carboxylic acids is 2. The molecule has 0 bridgehead atoms. The molecular formula is C31H28BrN3O5. The first-order valence-electron chi connectivity index (χ1n) is 12.5. The molecule has 0 radical (unpaired) electrons. The number of hydrogen-bond acceptors (Lipinski definition) is 6. The van der Waals surface area contributed by atoms with Crippen LogP contribution in [0.5, 0.6) is 11.5 Å². The van der Waals surface area contributed by atoms with E-state index in [1.54, 1.807) is 42.5 Å². The predicted molar refractivity (Wildman–Crippen MR) is 158 cm³/mol. The lowest BCUT2D eigenvalue weighted by atomic mass is 10.1. The van der Waals surface area contributed by atoms with E-state index in [1.807, 2.05) is 37.3 Å². The van der Waals surface area contributed by atoms with Crippen molar-refractivity contribution in [2.45, 2.75) is 20.0 Å². The van der Waals surface area contributed by atoms with Crippen LogP contribution < -0.4 is 20.2 Å². The average Bonchev–Trinajstić information content (AvgIpc) is 3.50. The fraction of sp³-hybridized carbons (Fsp3) is 0.129. The molecule has 0 aliphatic heterocycles. The molecule has 2 N–H and O–H groups in total. The van der Waals surface area contributed by atoms with Gasteiger partial charge in [0, 0.05) is 10.0 Å². The molecule has 4 rings (SSSR count). The van der Waals surface area contributed by atoms with Gasteiger partial charge in [0.05, 0.1) is 30.3 Å². The molecule has 0 fully saturated rings. The summed E-state index contributed by atoms with van der Waals surface area (Å²) in [5.41, 5.74) is 5.70. The fourth-order valence-corrected chi connectivity index (χ4v) is 4.10. The molecule has 204 valence electrons. The topological polar surface area (TPSA) is 102 Å². The molecule has 8 nitrogen and oxygen atoms in total. The fourth-order valence-electron chi connectivity index (χ4n) is 3.84. The van der Waals surface area contributed by atoms with Crippen molar-refractivity contribution in [3.63, 3.8) is 0 Å². The van der Waals surface area contributed by atoms with Crippen LogP contribution >= 0.6 is 15.9 Å². The summed E-state index contributed by atoms with van der Waals surface area (Å²) < 4.78 is 18.2. The molecule has 0 atom stereocenters. The second-order valence-electron chi connectivity index (χ2n) is 8.52. The van der Waals surface area contributed by atoms with Gasteiger partial charge in [0.15, 0.2) is 17.3 Å². The summed E-state index contributed by atoms with van der Waals surface area (Å²) in [6, 6.07) is 21.4. The summed E-state index contributed by atoms with van der Waals surface area (Å²) >= 11 is 3.45. The van der Waals surface area contributed by atoms with E-state index in [1.165, 1.54) is 18.5 Å². The Balaban J connectivity index is 1.50. The summed E-state index contributed by atoms with van der Waals surface area (Å²) in [5, 5.41) is 6.83. The second-order valence-corrected chi connectivity index (χ2v) is 9.44. The van der Waals surface area contributed by atoms with Crippen LogP contribution in [0.2, 0.25) is 0 Å². The van der Waals surface area contributed by atoms with Crippen molar-refractivity contribution in [2.24, 2.45) is 5.10 Å². The molecule has 0 saturated carbocycles. The molecule has 3 aromatic carbocycles. The molecule has 9 heteroatoms. The van der Waals surface area contributed by atoms with Crippen LogP contribution in [0.1, 0.15) is 44.5 Å². The molecular weight excluding hydrogens is 574 g/mol. The van der Waals surface area contributed by atoms with Gasteiger partial charge in [-0.1, -0.05) is 46.3 Å². The summed E-state index contributed by atoms with van der Waals surface area (Å²) in [4.78, 5) is 25.3. The number of allylic oxidation sites excluding steroid dienone is 1. The highest BCUT2D eigenvalue weighted by Gasteiger charge is 2.16. The van der Waals surface area contributed by atoms with Crippen molar-refractivity contribution < 1.29 is 23.5 Å². The third-order valence-electron chi connectivity index (χ3n) is 5.66. The number of hydrogen-bond donors (Lipinski definition) is 2. The maximum Gasteiger partial charge on any atom is 0.291 e. The highest BCUT2D eigenvalue weighted by Crippen LogP contribution is 2.34. The van der Waals surface area contributed by atoms with Gasteiger partial charge < -0.3 is 19.2 Å². The van der Waals surface area contributed by atoms with Crippen LogP contribution in [0.25, 0.3) is 0 Å². The molecule has 4 aromatic rings. The number of amides is 2. The molecule has 0 saturated heterocycles. The van der Waals surface area contributed by atoms with Crippen LogP contribution in [0.15, 0.2) is 106 Å². The van der Waals surface area contributed by atoms with Crippen LogP contribution in [-0.4, -0.2) is 24.6 Å². The van der Waals surface area contributed by atoms with Gasteiger partial charge >= 0.3 is 0 Å². The molecule has 2 amide bonds. The summed E-state index contributed by atoms with van der Waals surface area (Å²) in [7, 11) is 0. The summed E-state index contributed by atoms with van der Waals surface area (Å²) in [6.07, 6.45) is 5.26. The van der Waals surface area contributed by atoms with Gasteiger partial charge in [-0.25, -0.2) is 5.43 Å². The van der Waals surface area contributed by atoms with Gasteiger partial charge in [-0.05, 0) is 73.0 Å². The van der Waals surface area contributed by atoms with Gasteiger partial charge in [-0.15, -0.1) is 6.58 Å². The van der Waals surface area contributed by atoms with E-state index in [4.69, 9.17) is 13.9 Å². The van der Waals surface area contributed by atoms with Crippen molar-refractivity contribution in [3.8, 4) is 11.5 Å². The van der Waals surface area contributed by atoms with Gasteiger partial charge in [-0.3, -0.25) is 9.59 Å². The van der Waals surface area contributed by atoms with Crippen molar-refractivity contribution in [1.29, 1.82) is 0 Å². The maximum atomic E-state index is 12.9. The SMILES string of the molecule is C=CCc1cc(/C=N\NC(=O)c2ccccc2NC(=O)c2ccco2)cc(OCC)c1OCc1ccc(Br)cc1. The zero-order valence-corrected chi connectivity index (χ0v) is 23.4. The number of rotatable bonds is 12. The molecule has 1 aromatic heterocycles. The van der Waals surface area contributed by atoms with Crippen LogP contribution in [0.3, 0.4) is 0 Å². The van der Waals surface area contributed by atoms with Crippen molar-refractivity contribution in [3.05, 3.63) is 124 Å². The molecule has 0 spiro atoms. The third kappa shape index (κ3) is 7.48. The lowest BCUT2D eigenvalue weighted by molar-refractivity contribution is 0.0956. The quantitative estimate of drug-likeness (QED) is 0.106. The van der Waals surface area contributed by atoms with E-state index in [9.17, 15) is 9.59 Å². The zero-order chi connectivity index (χ0) is 28.3. The number of carbonyl (C=O) groups is 2. The number of hydrazone groups is 1. The monoisotopic (exact) mass is 601 g/mol. The van der Waals surface area contributed by atoms with E-state index in [0.717, 1.165) is 15.6 Å². The van der Waals surface area contributed by atoms with Gasteiger partial charge in [0.1, 0.15) is 6.61 Å². The summed E-state index contributed by atoms with van der Waals surface area (Å²) in [6.45, 7) is 6.58. The van der Waals surface area contributed by atoms with Crippen molar-refractivity contribution >= 4 is 39.6 Å². The van der Waals surface area contributed by atoms with Crippen molar-refractivity contribution in [2.75, 3.05) is 11.9 Å². The highest BCUT2D eigenvalue weighted by atomic mass is 79.9. The standard InChI is InChI=1S/C31H28BrN3O5/c1-3-8-23-17-22(18-28(38-4-2)29(23)40-20-21-12-14-24(32)15-13-21)19-33-35-30(36)25-9-5-6-10-26(25)34-31(37)27-11-7-16-39-27/h3,5-7,9-19H,1,4,8,20H2,2H3,(H,34,37)(H,35,36)/b33-19-. The Morgan fingerprint density at radius 1 is 1.02 bits per heavy atom. The molecule has 40 heavy (non-hydrogen) atoms. The maximum absolute atomic E-state index is 12.9. The number of anilines is 1. The number of para-hydroxylation sites is 1. The Bertz CT molecular complexity index is 1500. The predicted octanol–water partition coefficient (Wildman–Crippen LogP) is 6.76. The minimum Gasteiger partial charge on any atom is -0.490 e. The smallest absolute Gasteiger partial charge is 0.291 e. The largest absolute Gasteiger partial charge is 0.490 e. The number of nitrogens with one attached hydrogen (secondary N) is 2. The Labute approximate surface area is 240 Å². The first kappa shape index (κ1) is 28.4. The lowest BCUT2D eigenvalue weighted by Crippen LogP contribution is -2.21. The first-order chi connectivity index (χ1) is 19.5. The lowest BCUT2D eigenvalue weighted by Gasteiger charge is -2.17. The highest BCUT2D eigenvalue weighted by molar-refractivity contribution is 9.10. The van der Waals surface area contributed by atoms with E-state index in [2.05, 4.69) is 38.4 Å². The number of ether oxygens (including phenoxy) is 2. The number of furan rings is 1. The molecule has 0 unspecified atom stereocenters. The number of nitrogens with zero attached hydrogens (tertiary/aromatic N) is 1. The summed E-state index contributed by atoms with van der Waals surface area (Å²) in [5.74, 6) is 0.384. The van der Waals surface area contributed by atoms with Crippen molar-refractivity contribution in [1.82, 2.24) is 5.43 Å². The Morgan fingerprint density at radius 2 is 1.82 bits per heavy atom. The van der Waals surface area contributed by atoms with E-state index in [-0.39, 0.29) is 11.3 Å². The number of halogens is 1. The normalized spacial score (nSPS) is 10.8. The minimum absolute atomic E-state index is 0.137. The number of benzene rings is 3. The van der Waals surface area contributed by atoms with Crippen LogP contribution in [0, 0.1) is 0 Å². The van der Waals surface area contributed by atoms with E-state index in [0.29, 0.717) is 42.4 Å². The van der Waals surface area contributed by atoms with Gasteiger partial charge in [0.2, 0.25) is 0 Å². The Kier molecular flexibility index (Phi) is 9.90. The molecule has 1 heterocycles. The minimum atomic E-state index is -0.489. The first-order valence-corrected chi connectivity index (χ1v) is 13.3. The van der Waals surface area contributed by atoms with E-state index < -0.39 is 11.8 Å². The third-order valence-corrected chi connectivity index (χ3v) is 6.19. The second kappa shape index (κ2) is 14.0. The molecule has 0 aliphatic carbocycles. The Morgan fingerprint density at radius 3 is 2.55 bits per heavy atom. The zero-order valence-electron chi connectivity index (χ0n) is 21.9. The van der Waals surface area contributed by atoms with Crippen LogP contribution in [-0.2, 0) is 13.0 Å². The average molecular weight is 602 g/mol. The van der Waals surface area contributed by atoms with E-state index >= 15 is 0 Å². The van der Waals surface area contributed by atoms with Gasteiger partial charge in [0.25, 0.3) is 11.8 Å². The van der Waals surface area contributed by atoms with Gasteiger partial charge in [-0.2, -0.15) is 5.10 Å². The Hall–Kier alpha value is -4.63. The molecule has 0 aliphatic rings.